The van der Waals surface area contributed by atoms with Crippen LogP contribution in [-0.2, 0) is 14.3 Å². The molecule has 0 spiro atoms. The molecular formula is C11H21ClN2O3. The fraction of sp³-hybridized carbons (Fsp3) is 0.909. The molecule has 2 N–H and O–H groups in total. The summed E-state index contributed by atoms with van der Waals surface area (Å²) in [5, 5.41) is 6.29. The molecule has 0 aliphatic carbocycles. The molecule has 3 unspecified atom stereocenters. The van der Waals surface area contributed by atoms with Gasteiger partial charge in [0.05, 0.1) is 25.4 Å². The van der Waals surface area contributed by atoms with Gasteiger partial charge in [-0.15, -0.1) is 12.4 Å². The van der Waals surface area contributed by atoms with Crippen molar-refractivity contribution in [2.45, 2.75) is 38.0 Å². The van der Waals surface area contributed by atoms with E-state index in [4.69, 9.17) is 9.47 Å². The van der Waals surface area contributed by atoms with Gasteiger partial charge in [-0.3, -0.25) is 4.79 Å². The number of ether oxygens (including phenoxy) is 2. The first kappa shape index (κ1) is 14.7. The number of carbonyl (C=O) groups is 1. The van der Waals surface area contributed by atoms with Crippen LogP contribution in [-0.4, -0.2) is 50.5 Å². The first-order valence-corrected chi connectivity index (χ1v) is 5.98. The third kappa shape index (κ3) is 4.43. The lowest BCUT2D eigenvalue weighted by molar-refractivity contribution is -0.123. The van der Waals surface area contributed by atoms with Gasteiger partial charge in [-0.05, 0) is 13.3 Å². The lowest BCUT2D eigenvalue weighted by Crippen LogP contribution is -2.46. The van der Waals surface area contributed by atoms with Crippen LogP contribution in [0.4, 0.5) is 0 Å². The van der Waals surface area contributed by atoms with Gasteiger partial charge in [0.1, 0.15) is 0 Å². The van der Waals surface area contributed by atoms with Crippen LogP contribution in [0, 0.1) is 0 Å². The minimum absolute atomic E-state index is 0. The van der Waals surface area contributed by atoms with Crippen molar-refractivity contribution in [3.05, 3.63) is 0 Å². The molecule has 2 aliphatic heterocycles. The van der Waals surface area contributed by atoms with Gasteiger partial charge >= 0.3 is 0 Å². The minimum atomic E-state index is 0. The van der Waals surface area contributed by atoms with Crippen molar-refractivity contribution < 1.29 is 14.3 Å². The van der Waals surface area contributed by atoms with Gasteiger partial charge < -0.3 is 20.1 Å². The smallest absolute Gasteiger partial charge is 0.221 e. The van der Waals surface area contributed by atoms with Crippen LogP contribution >= 0.6 is 12.4 Å². The largest absolute Gasteiger partial charge is 0.378 e. The number of rotatable bonds is 3. The molecule has 2 fully saturated rings. The molecular weight excluding hydrogens is 244 g/mol. The summed E-state index contributed by atoms with van der Waals surface area (Å²) < 4.78 is 10.7. The van der Waals surface area contributed by atoms with E-state index in [0.29, 0.717) is 13.0 Å². The van der Waals surface area contributed by atoms with Crippen LogP contribution in [0.25, 0.3) is 0 Å². The van der Waals surface area contributed by atoms with E-state index >= 15 is 0 Å². The number of amides is 1. The summed E-state index contributed by atoms with van der Waals surface area (Å²) in [6.45, 7) is 4.95. The maximum Gasteiger partial charge on any atom is 0.221 e. The standard InChI is InChI=1S/C11H20N2O3.ClH/c1-8-10(2-4-16-8)13-11(14)6-9-7-15-5-3-12-9;/h8-10,12H,2-7H2,1H3,(H,13,14);1H. The van der Waals surface area contributed by atoms with E-state index in [0.717, 1.165) is 26.2 Å². The van der Waals surface area contributed by atoms with Crippen molar-refractivity contribution in [3.8, 4) is 0 Å². The van der Waals surface area contributed by atoms with Gasteiger partial charge in [-0.1, -0.05) is 0 Å². The number of hydrogen-bond acceptors (Lipinski definition) is 4. The lowest BCUT2D eigenvalue weighted by Gasteiger charge is -2.24. The summed E-state index contributed by atoms with van der Waals surface area (Å²) in [5.41, 5.74) is 0. The van der Waals surface area contributed by atoms with Crippen LogP contribution in [0.2, 0.25) is 0 Å². The van der Waals surface area contributed by atoms with Crippen LogP contribution in [0.1, 0.15) is 19.8 Å². The molecule has 2 aliphatic rings. The van der Waals surface area contributed by atoms with E-state index in [1.807, 2.05) is 6.92 Å². The topological polar surface area (TPSA) is 59.6 Å². The van der Waals surface area contributed by atoms with E-state index in [9.17, 15) is 4.79 Å². The van der Waals surface area contributed by atoms with Crippen molar-refractivity contribution in [2.75, 3.05) is 26.4 Å². The number of nitrogens with one attached hydrogen (secondary N) is 2. The van der Waals surface area contributed by atoms with E-state index < -0.39 is 0 Å². The first-order valence-electron chi connectivity index (χ1n) is 5.98. The molecule has 0 saturated carbocycles. The highest BCUT2D eigenvalue weighted by molar-refractivity contribution is 5.85. The monoisotopic (exact) mass is 264 g/mol. The molecule has 0 bridgehead atoms. The Hall–Kier alpha value is -0.360. The highest BCUT2D eigenvalue weighted by atomic mass is 35.5. The molecule has 2 saturated heterocycles. The lowest BCUT2D eigenvalue weighted by atomic mass is 10.1. The molecule has 0 aromatic rings. The molecule has 0 aromatic carbocycles. The Morgan fingerprint density at radius 3 is 2.88 bits per heavy atom. The maximum absolute atomic E-state index is 11.8. The summed E-state index contributed by atoms with van der Waals surface area (Å²) in [4.78, 5) is 11.8. The zero-order valence-electron chi connectivity index (χ0n) is 10.1. The summed E-state index contributed by atoms with van der Waals surface area (Å²) in [6.07, 6.45) is 1.55. The van der Waals surface area contributed by atoms with E-state index in [2.05, 4.69) is 10.6 Å². The molecule has 100 valence electrons. The van der Waals surface area contributed by atoms with Crippen molar-refractivity contribution in [3.63, 3.8) is 0 Å². The van der Waals surface area contributed by atoms with Gasteiger partial charge in [0.25, 0.3) is 0 Å². The van der Waals surface area contributed by atoms with E-state index in [-0.39, 0.29) is 36.5 Å². The average Bonchev–Trinajstić information content (AvgIpc) is 2.66. The zero-order valence-corrected chi connectivity index (χ0v) is 10.9. The van der Waals surface area contributed by atoms with Gasteiger partial charge in [0.2, 0.25) is 5.91 Å². The third-order valence-electron chi connectivity index (χ3n) is 3.15. The highest BCUT2D eigenvalue weighted by Crippen LogP contribution is 2.12. The van der Waals surface area contributed by atoms with Crippen LogP contribution in [0.15, 0.2) is 0 Å². The Kier molecular flexibility index (Phi) is 6.19. The third-order valence-corrected chi connectivity index (χ3v) is 3.15. The van der Waals surface area contributed by atoms with Gasteiger partial charge in [0, 0.05) is 25.6 Å². The Labute approximate surface area is 108 Å². The second kappa shape index (κ2) is 7.16. The summed E-state index contributed by atoms with van der Waals surface area (Å²) in [5.74, 6) is 0.0883. The van der Waals surface area contributed by atoms with Gasteiger partial charge in [-0.25, -0.2) is 0 Å². The van der Waals surface area contributed by atoms with Crippen molar-refractivity contribution in [2.24, 2.45) is 0 Å². The van der Waals surface area contributed by atoms with Crippen molar-refractivity contribution in [1.29, 1.82) is 0 Å². The molecule has 0 radical (unpaired) electrons. The van der Waals surface area contributed by atoms with Crippen LogP contribution < -0.4 is 10.6 Å². The van der Waals surface area contributed by atoms with E-state index in [1.165, 1.54) is 0 Å². The fourth-order valence-corrected chi connectivity index (χ4v) is 2.16. The predicted octanol–water partition coefficient (Wildman–Crippen LogP) is 0.0803. The number of hydrogen-bond donors (Lipinski definition) is 2. The summed E-state index contributed by atoms with van der Waals surface area (Å²) in [7, 11) is 0. The number of carbonyl (C=O) groups excluding carboxylic acids is 1. The Balaban J connectivity index is 0.00000144. The summed E-state index contributed by atoms with van der Waals surface area (Å²) >= 11 is 0. The molecule has 3 atom stereocenters. The normalized spacial score (nSPS) is 32.9. The zero-order chi connectivity index (χ0) is 11.4. The minimum Gasteiger partial charge on any atom is -0.378 e. The molecule has 5 nitrogen and oxygen atoms in total. The van der Waals surface area contributed by atoms with Crippen molar-refractivity contribution >= 4 is 18.3 Å². The van der Waals surface area contributed by atoms with Crippen LogP contribution in [0.3, 0.4) is 0 Å². The average molecular weight is 265 g/mol. The summed E-state index contributed by atoms with van der Waals surface area (Å²) in [6, 6.07) is 0.336. The molecule has 6 heteroatoms. The second-order valence-electron chi connectivity index (χ2n) is 4.47. The van der Waals surface area contributed by atoms with Crippen LogP contribution in [0.5, 0.6) is 0 Å². The Bertz CT molecular complexity index is 247. The quantitative estimate of drug-likeness (QED) is 0.758. The predicted molar refractivity (Wildman–Crippen MR) is 66.4 cm³/mol. The van der Waals surface area contributed by atoms with Crippen molar-refractivity contribution in [1.82, 2.24) is 10.6 Å². The van der Waals surface area contributed by atoms with E-state index in [1.54, 1.807) is 0 Å². The number of morpholine rings is 1. The number of halogens is 1. The molecule has 1 amide bonds. The fourth-order valence-electron chi connectivity index (χ4n) is 2.16. The molecule has 17 heavy (non-hydrogen) atoms. The molecule has 2 rings (SSSR count). The van der Waals surface area contributed by atoms with Gasteiger partial charge in [-0.2, -0.15) is 0 Å². The molecule has 2 heterocycles. The second-order valence-corrected chi connectivity index (χ2v) is 4.47. The first-order chi connectivity index (χ1) is 7.75. The molecule has 0 aromatic heterocycles. The van der Waals surface area contributed by atoms with Gasteiger partial charge in [0.15, 0.2) is 0 Å². The Morgan fingerprint density at radius 1 is 1.47 bits per heavy atom. The maximum atomic E-state index is 11.8. The Morgan fingerprint density at radius 2 is 2.29 bits per heavy atom. The SMILES string of the molecule is CC1OCCC1NC(=O)CC1COCCN1.Cl. The highest BCUT2D eigenvalue weighted by Gasteiger charge is 2.26.